The molecule has 11 heteroatoms. The molecule has 0 saturated heterocycles. The second kappa shape index (κ2) is 10.8. The van der Waals surface area contributed by atoms with Gasteiger partial charge in [0.2, 0.25) is 0 Å². The lowest BCUT2D eigenvalue weighted by atomic mass is 9.83. The van der Waals surface area contributed by atoms with E-state index in [1.165, 1.54) is 12.1 Å². The number of aryl methyl sites for hydroxylation is 3. The molecule has 2 nitrogen and oxygen atoms in total. The summed E-state index contributed by atoms with van der Waals surface area (Å²) in [6.45, 7) is 3.67. The smallest absolute Gasteiger partial charge is 0.417 e. The van der Waals surface area contributed by atoms with Crippen LogP contribution < -0.4 is 4.74 Å². The van der Waals surface area contributed by atoms with Crippen molar-refractivity contribution in [2.24, 2.45) is 0 Å². The largest absolute Gasteiger partial charge is 0.427 e. The number of fused-ring (bicyclic) bond motifs is 2. The van der Waals surface area contributed by atoms with Crippen molar-refractivity contribution in [2.45, 2.75) is 51.6 Å². The van der Waals surface area contributed by atoms with Gasteiger partial charge in [-0.05, 0) is 111 Å². The topological polar surface area (TPSA) is 26.3 Å². The first-order valence-corrected chi connectivity index (χ1v) is 14.1. The summed E-state index contributed by atoms with van der Waals surface area (Å²) in [7, 11) is 0. The number of halogens is 9. The van der Waals surface area contributed by atoms with E-state index in [0.717, 1.165) is 35.4 Å². The number of hydrogen-bond acceptors (Lipinski definition) is 2. The molecule has 0 atom stereocenters. The van der Waals surface area contributed by atoms with Crippen LogP contribution in [0.2, 0.25) is 0 Å². The third-order valence-corrected chi connectivity index (χ3v) is 8.16. The fourth-order valence-electron chi connectivity index (χ4n) is 6.47. The second-order valence-corrected chi connectivity index (χ2v) is 11.4. The SMILES string of the molecule is Cc1cc(C)cc(OC(=O)CCCc2ccc3c4ccc(C(F)(F)F)c5c(C(F)(F)F)ccc(c6ccc(C(F)(F)F)c2c36)c54)c1. The first-order valence-electron chi connectivity index (χ1n) is 14.1. The monoisotopic (exact) mass is 646 g/mol. The zero-order chi connectivity index (χ0) is 33.3. The maximum absolute atomic E-state index is 14.4. The number of carbonyl (C=O) groups is 1. The van der Waals surface area contributed by atoms with E-state index >= 15 is 0 Å². The predicted octanol–water partition coefficient (Wildman–Crippen LogP) is 11.3. The number of rotatable bonds is 5. The van der Waals surface area contributed by atoms with E-state index in [1.54, 1.807) is 12.1 Å². The molecule has 0 aliphatic heterocycles. The number of hydrogen-bond donors (Lipinski definition) is 0. The molecular formula is C35H23F9O2. The van der Waals surface area contributed by atoms with E-state index in [0.29, 0.717) is 17.9 Å². The minimum absolute atomic E-state index is 0.0214. The highest BCUT2D eigenvalue weighted by Crippen LogP contribution is 2.50. The van der Waals surface area contributed by atoms with Crippen LogP contribution in [0.3, 0.4) is 0 Å². The lowest BCUT2D eigenvalue weighted by Gasteiger charge is -2.23. The van der Waals surface area contributed by atoms with Gasteiger partial charge in [-0.25, -0.2) is 0 Å². The Morgan fingerprint density at radius 1 is 0.565 bits per heavy atom. The summed E-state index contributed by atoms with van der Waals surface area (Å²) in [5.41, 5.74) is -1.99. The van der Waals surface area contributed by atoms with Crippen molar-refractivity contribution >= 4 is 49.1 Å². The summed E-state index contributed by atoms with van der Waals surface area (Å²) in [5, 5.41) is -1.45. The summed E-state index contributed by atoms with van der Waals surface area (Å²) in [4.78, 5) is 12.6. The molecule has 238 valence electrons. The van der Waals surface area contributed by atoms with Crippen LogP contribution in [-0.2, 0) is 29.7 Å². The van der Waals surface area contributed by atoms with Gasteiger partial charge in [0.1, 0.15) is 5.75 Å². The number of benzene rings is 6. The van der Waals surface area contributed by atoms with E-state index in [9.17, 15) is 44.3 Å². The highest BCUT2D eigenvalue weighted by atomic mass is 19.4. The van der Waals surface area contributed by atoms with E-state index < -0.39 is 46.6 Å². The second-order valence-electron chi connectivity index (χ2n) is 11.4. The molecular weight excluding hydrogens is 623 g/mol. The van der Waals surface area contributed by atoms with Gasteiger partial charge in [0, 0.05) is 11.8 Å². The van der Waals surface area contributed by atoms with Gasteiger partial charge in [-0.15, -0.1) is 0 Å². The molecule has 0 fully saturated rings. The molecule has 6 rings (SSSR count). The van der Waals surface area contributed by atoms with Gasteiger partial charge >= 0.3 is 24.5 Å². The molecule has 0 aromatic heterocycles. The zero-order valence-electron chi connectivity index (χ0n) is 24.2. The summed E-state index contributed by atoms with van der Waals surface area (Å²) < 4.78 is 133. The van der Waals surface area contributed by atoms with Crippen LogP contribution in [0.1, 0.15) is 46.2 Å². The van der Waals surface area contributed by atoms with Crippen molar-refractivity contribution < 1.29 is 49.0 Å². The molecule has 0 N–H and O–H groups in total. The van der Waals surface area contributed by atoms with E-state index in [-0.39, 0.29) is 62.5 Å². The summed E-state index contributed by atoms with van der Waals surface area (Å²) in [6, 6.07) is 13.0. The van der Waals surface area contributed by atoms with E-state index in [2.05, 4.69) is 0 Å². The van der Waals surface area contributed by atoms with Crippen molar-refractivity contribution in [3.63, 3.8) is 0 Å². The minimum Gasteiger partial charge on any atom is -0.427 e. The number of esters is 1. The standard InChI is InChI=1S/C35H23F9O2/c1-17-14-18(2)16-20(15-17)46-28(45)5-3-4-19-6-7-21-23-9-12-26(34(39,40)41)32-27(35(42,43)44)13-10-24(31(23)32)22-8-11-25(33(36,37)38)29(19)30(21)22/h6-16H,3-5H2,1-2H3. The Bertz CT molecular complexity index is 2070. The van der Waals surface area contributed by atoms with Crippen LogP contribution in [0, 0.1) is 13.8 Å². The molecule has 0 aliphatic carbocycles. The van der Waals surface area contributed by atoms with Crippen LogP contribution in [0.4, 0.5) is 39.5 Å². The Morgan fingerprint density at radius 2 is 0.978 bits per heavy atom. The number of carbonyl (C=O) groups excluding carboxylic acids is 1. The zero-order valence-corrected chi connectivity index (χ0v) is 24.2. The predicted molar refractivity (Wildman–Crippen MR) is 157 cm³/mol. The molecule has 0 spiro atoms. The average molecular weight is 647 g/mol. The van der Waals surface area contributed by atoms with Crippen molar-refractivity contribution in [1.29, 1.82) is 0 Å². The molecule has 0 bridgehead atoms. The molecule has 0 saturated carbocycles. The molecule has 6 aromatic rings. The van der Waals surface area contributed by atoms with E-state index in [1.807, 2.05) is 19.9 Å². The summed E-state index contributed by atoms with van der Waals surface area (Å²) in [6.07, 6.45) is -15.1. The van der Waals surface area contributed by atoms with Gasteiger partial charge in [0.05, 0.1) is 16.7 Å². The molecule has 0 unspecified atom stereocenters. The highest BCUT2D eigenvalue weighted by molar-refractivity contribution is 6.34. The van der Waals surface area contributed by atoms with Gasteiger partial charge < -0.3 is 4.74 Å². The van der Waals surface area contributed by atoms with Crippen LogP contribution >= 0.6 is 0 Å². The quantitative estimate of drug-likeness (QED) is 0.0613. The van der Waals surface area contributed by atoms with Gasteiger partial charge in [-0.3, -0.25) is 4.79 Å². The molecule has 0 radical (unpaired) electrons. The van der Waals surface area contributed by atoms with Gasteiger partial charge in [-0.1, -0.05) is 36.4 Å². The van der Waals surface area contributed by atoms with Crippen LogP contribution in [0.15, 0.2) is 66.7 Å². The normalized spacial score (nSPS) is 13.0. The maximum atomic E-state index is 14.4. The van der Waals surface area contributed by atoms with Gasteiger partial charge in [0.25, 0.3) is 0 Å². The fraction of sp³-hybridized carbons (Fsp3) is 0.229. The van der Waals surface area contributed by atoms with Gasteiger partial charge in [-0.2, -0.15) is 39.5 Å². The molecule has 0 amide bonds. The molecule has 46 heavy (non-hydrogen) atoms. The molecule has 6 aromatic carbocycles. The third kappa shape index (κ3) is 5.45. The van der Waals surface area contributed by atoms with Crippen LogP contribution in [0.25, 0.3) is 43.1 Å². The van der Waals surface area contributed by atoms with Crippen molar-refractivity contribution in [2.75, 3.05) is 0 Å². The Balaban J connectivity index is 1.52. The Morgan fingerprint density at radius 3 is 1.43 bits per heavy atom. The van der Waals surface area contributed by atoms with Gasteiger partial charge in [0.15, 0.2) is 0 Å². The first-order chi connectivity index (χ1) is 21.4. The van der Waals surface area contributed by atoms with Crippen molar-refractivity contribution in [3.05, 3.63) is 100 Å². The van der Waals surface area contributed by atoms with E-state index in [4.69, 9.17) is 4.74 Å². The first kappa shape index (κ1) is 31.4. The maximum Gasteiger partial charge on any atom is 0.417 e. The van der Waals surface area contributed by atoms with Crippen molar-refractivity contribution in [1.82, 2.24) is 0 Å². The average Bonchev–Trinajstić information content (AvgIpc) is 2.93. The fourth-order valence-corrected chi connectivity index (χ4v) is 6.47. The summed E-state index contributed by atoms with van der Waals surface area (Å²) in [5.74, 6) is -0.232. The molecule has 0 aliphatic rings. The highest BCUT2D eigenvalue weighted by Gasteiger charge is 2.41. The Kier molecular flexibility index (Phi) is 7.37. The van der Waals surface area contributed by atoms with Crippen LogP contribution in [-0.4, -0.2) is 5.97 Å². The molecule has 0 heterocycles. The van der Waals surface area contributed by atoms with Crippen molar-refractivity contribution in [3.8, 4) is 5.75 Å². The van der Waals surface area contributed by atoms with Crippen LogP contribution in [0.5, 0.6) is 5.75 Å². The minimum atomic E-state index is -5.13. The summed E-state index contributed by atoms with van der Waals surface area (Å²) >= 11 is 0. The third-order valence-electron chi connectivity index (χ3n) is 8.16. The Hall–Kier alpha value is -4.54. The number of ether oxygens (including phenoxy) is 1. The Labute approximate surface area is 255 Å². The lowest BCUT2D eigenvalue weighted by Crippen LogP contribution is -2.12. The number of alkyl halides is 9. The lowest BCUT2D eigenvalue weighted by molar-refractivity contribution is -0.140.